The number of hydrogen-bond acceptors (Lipinski definition) is 4. The highest BCUT2D eigenvalue weighted by molar-refractivity contribution is 5.94. The molecule has 1 amide bonds. The van der Waals surface area contributed by atoms with Crippen LogP contribution < -0.4 is 5.32 Å². The van der Waals surface area contributed by atoms with Crippen molar-refractivity contribution in [3.05, 3.63) is 24.0 Å². The van der Waals surface area contributed by atoms with Crippen LogP contribution in [0.1, 0.15) is 31.3 Å². The van der Waals surface area contributed by atoms with E-state index in [1.54, 1.807) is 6.07 Å². The normalized spacial score (nSPS) is 12.4. The van der Waals surface area contributed by atoms with Crippen LogP contribution in [0.2, 0.25) is 0 Å². The average Bonchev–Trinajstić information content (AvgIpc) is 2.34. The Morgan fingerprint density at radius 2 is 2.28 bits per heavy atom. The molecule has 0 aliphatic rings. The largest absolute Gasteiger partial charge is 0.505 e. The lowest BCUT2D eigenvalue weighted by atomic mass is 10.1. The molecule has 0 bridgehead atoms. The van der Waals surface area contributed by atoms with E-state index < -0.39 is 0 Å². The molecular weight excluding hydrogens is 232 g/mol. The van der Waals surface area contributed by atoms with E-state index in [0.29, 0.717) is 13.2 Å². The van der Waals surface area contributed by atoms with Crippen molar-refractivity contribution in [3.63, 3.8) is 0 Å². The van der Waals surface area contributed by atoms with Crippen LogP contribution in [0.15, 0.2) is 18.3 Å². The third-order valence-corrected chi connectivity index (χ3v) is 2.62. The van der Waals surface area contributed by atoms with E-state index in [1.165, 1.54) is 12.3 Å². The van der Waals surface area contributed by atoms with E-state index in [0.717, 1.165) is 0 Å². The number of nitrogens with one attached hydrogen (secondary N) is 1. The van der Waals surface area contributed by atoms with Crippen molar-refractivity contribution in [2.45, 2.75) is 26.8 Å². The van der Waals surface area contributed by atoms with Crippen LogP contribution in [0.5, 0.6) is 5.75 Å². The SMILES string of the molecule is CCOCC(NC(=O)c1ncccc1O)C(C)C. The van der Waals surface area contributed by atoms with Crippen molar-refractivity contribution in [2.75, 3.05) is 13.2 Å². The summed E-state index contributed by atoms with van der Waals surface area (Å²) < 4.78 is 5.33. The van der Waals surface area contributed by atoms with E-state index in [9.17, 15) is 9.90 Å². The Morgan fingerprint density at radius 3 is 2.83 bits per heavy atom. The highest BCUT2D eigenvalue weighted by Gasteiger charge is 2.19. The first-order chi connectivity index (χ1) is 8.56. The zero-order valence-electron chi connectivity index (χ0n) is 11.0. The molecule has 0 aliphatic carbocycles. The van der Waals surface area contributed by atoms with Crippen molar-refractivity contribution in [1.29, 1.82) is 0 Å². The molecule has 1 rings (SSSR count). The maximum Gasteiger partial charge on any atom is 0.274 e. The fourth-order valence-electron chi connectivity index (χ4n) is 1.45. The van der Waals surface area contributed by atoms with Crippen molar-refractivity contribution < 1.29 is 14.6 Å². The fraction of sp³-hybridized carbons (Fsp3) is 0.538. The van der Waals surface area contributed by atoms with E-state index in [1.807, 2.05) is 20.8 Å². The molecule has 0 spiro atoms. The summed E-state index contributed by atoms with van der Waals surface area (Å²) in [5.41, 5.74) is 0.0413. The standard InChI is InChI=1S/C13H20N2O3/c1-4-18-8-10(9(2)3)15-13(17)12-11(16)6-5-7-14-12/h5-7,9-10,16H,4,8H2,1-3H3,(H,15,17). The number of carbonyl (C=O) groups excluding carboxylic acids is 1. The molecular formula is C13H20N2O3. The summed E-state index contributed by atoms with van der Waals surface area (Å²) in [5, 5.41) is 12.4. The molecule has 1 aromatic heterocycles. The number of ether oxygens (including phenoxy) is 1. The topological polar surface area (TPSA) is 71.5 Å². The molecule has 1 aromatic rings. The predicted octanol–water partition coefficient (Wildman–Crippen LogP) is 1.58. The highest BCUT2D eigenvalue weighted by atomic mass is 16.5. The Hall–Kier alpha value is -1.62. The third-order valence-electron chi connectivity index (χ3n) is 2.62. The summed E-state index contributed by atoms with van der Waals surface area (Å²) in [6.07, 6.45) is 1.47. The summed E-state index contributed by atoms with van der Waals surface area (Å²) in [6.45, 7) is 6.97. The van der Waals surface area contributed by atoms with Gasteiger partial charge in [-0.25, -0.2) is 4.98 Å². The minimum absolute atomic E-state index is 0.0413. The molecule has 0 aliphatic heterocycles. The number of hydrogen-bond donors (Lipinski definition) is 2. The van der Waals surface area contributed by atoms with E-state index in [2.05, 4.69) is 10.3 Å². The van der Waals surface area contributed by atoms with Gasteiger partial charge in [-0.05, 0) is 25.0 Å². The van der Waals surface area contributed by atoms with Gasteiger partial charge in [0.1, 0.15) is 5.75 Å². The summed E-state index contributed by atoms with van der Waals surface area (Å²) in [7, 11) is 0. The summed E-state index contributed by atoms with van der Waals surface area (Å²) >= 11 is 0. The molecule has 0 saturated carbocycles. The first-order valence-electron chi connectivity index (χ1n) is 6.08. The Bertz CT molecular complexity index is 394. The summed E-state index contributed by atoms with van der Waals surface area (Å²) in [4.78, 5) is 15.8. The first kappa shape index (κ1) is 14.4. The van der Waals surface area contributed by atoms with Crippen LogP contribution in [-0.2, 0) is 4.74 Å². The van der Waals surface area contributed by atoms with Crippen LogP contribution in [-0.4, -0.2) is 35.3 Å². The lowest BCUT2D eigenvalue weighted by Gasteiger charge is -2.22. The maximum atomic E-state index is 12.0. The van der Waals surface area contributed by atoms with Crippen LogP contribution in [0, 0.1) is 5.92 Å². The van der Waals surface area contributed by atoms with Crippen molar-refractivity contribution in [2.24, 2.45) is 5.92 Å². The Morgan fingerprint density at radius 1 is 1.56 bits per heavy atom. The summed E-state index contributed by atoms with van der Waals surface area (Å²) in [6, 6.07) is 2.92. The number of carbonyl (C=O) groups is 1. The average molecular weight is 252 g/mol. The minimum atomic E-state index is -0.383. The molecule has 0 radical (unpaired) electrons. The molecule has 1 heterocycles. The number of nitrogens with zero attached hydrogens (tertiary/aromatic N) is 1. The predicted molar refractivity (Wildman–Crippen MR) is 68.5 cm³/mol. The van der Waals surface area contributed by atoms with Crippen LogP contribution >= 0.6 is 0 Å². The number of aromatic hydroxyl groups is 1. The zero-order valence-corrected chi connectivity index (χ0v) is 11.0. The molecule has 1 atom stereocenters. The molecule has 2 N–H and O–H groups in total. The Labute approximate surface area is 107 Å². The van der Waals surface area contributed by atoms with E-state index in [4.69, 9.17) is 4.74 Å². The fourth-order valence-corrected chi connectivity index (χ4v) is 1.45. The second-order valence-electron chi connectivity index (χ2n) is 4.35. The molecule has 18 heavy (non-hydrogen) atoms. The van der Waals surface area contributed by atoms with Crippen LogP contribution in [0.25, 0.3) is 0 Å². The molecule has 1 unspecified atom stereocenters. The smallest absolute Gasteiger partial charge is 0.274 e. The number of pyridine rings is 1. The monoisotopic (exact) mass is 252 g/mol. The highest BCUT2D eigenvalue weighted by Crippen LogP contribution is 2.13. The van der Waals surface area contributed by atoms with Gasteiger partial charge in [0.2, 0.25) is 0 Å². The Balaban J connectivity index is 2.69. The molecule has 5 nitrogen and oxygen atoms in total. The molecule has 0 aromatic carbocycles. The van der Waals surface area contributed by atoms with Crippen molar-refractivity contribution >= 4 is 5.91 Å². The van der Waals surface area contributed by atoms with E-state index >= 15 is 0 Å². The quantitative estimate of drug-likeness (QED) is 0.806. The molecule has 100 valence electrons. The van der Waals surface area contributed by atoms with Crippen molar-refractivity contribution in [1.82, 2.24) is 10.3 Å². The van der Waals surface area contributed by atoms with Gasteiger partial charge in [0.05, 0.1) is 12.6 Å². The summed E-state index contributed by atoms with van der Waals surface area (Å²) in [5.74, 6) is -0.258. The van der Waals surface area contributed by atoms with Crippen LogP contribution in [0.3, 0.4) is 0 Å². The lowest BCUT2D eigenvalue weighted by molar-refractivity contribution is 0.0799. The maximum absolute atomic E-state index is 12.0. The van der Waals surface area contributed by atoms with Gasteiger partial charge in [-0.2, -0.15) is 0 Å². The second kappa shape index (κ2) is 6.96. The number of aromatic nitrogens is 1. The zero-order chi connectivity index (χ0) is 13.5. The first-order valence-corrected chi connectivity index (χ1v) is 6.08. The van der Waals surface area contributed by atoms with Crippen molar-refractivity contribution in [3.8, 4) is 5.75 Å². The van der Waals surface area contributed by atoms with E-state index in [-0.39, 0.29) is 29.3 Å². The van der Waals surface area contributed by atoms with Gasteiger partial charge in [0, 0.05) is 12.8 Å². The minimum Gasteiger partial charge on any atom is -0.505 e. The van der Waals surface area contributed by atoms with Crippen LogP contribution in [0.4, 0.5) is 0 Å². The third kappa shape index (κ3) is 4.00. The van der Waals surface area contributed by atoms with Gasteiger partial charge in [-0.15, -0.1) is 0 Å². The van der Waals surface area contributed by atoms with Gasteiger partial charge in [-0.1, -0.05) is 13.8 Å². The molecule has 0 saturated heterocycles. The van der Waals surface area contributed by atoms with Gasteiger partial charge in [-0.3, -0.25) is 4.79 Å². The van der Waals surface area contributed by atoms with Gasteiger partial charge in [0.15, 0.2) is 5.69 Å². The van der Waals surface area contributed by atoms with Gasteiger partial charge >= 0.3 is 0 Å². The molecule has 5 heteroatoms. The second-order valence-corrected chi connectivity index (χ2v) is 4.35. The number of rotatable bonds is 6. The molecule has 0 fully saturated rings. The Kier molecular flexibility index (Phi) is 5.58. The van der Waals surface area contributed by atoms with Gasteiger partial charge < -0.3 is 15.2 Å². The van der Waals surface area contributed by atoms with Gasteiger partial charge in [0.25, 0.3) is 5.91 Å². The lowest BCUT2D eigenvalue weighted by Crippen LogP contribution is -2.42. The number of amides is 1.